The van der Waals surface area contributed by atoms with Crippen molar-refractivity contribution >= 4 is 26.9 Å². The molecule has 0 saturated heterocycles. The summed E-state index contributed by atoms with van der Waals surface area (Å²) in [5.41, 5.74) is 0.884. The third kappa shape index (κ3) is 1.85. The first-order valence-corrected chi connectivity index (χ1v) is 5.53. The molecule has 1 atom stereocenters. The van der Waals surface area contributed by atoms with Crippen LogP contribution in [0.15, 0.2) is 45.8 Å². The second-order valence-electron chi connectivity index (χ2n) is 3.31. The van der Waals surface area contributed by atoms with Crippen LogP contribution in [0.25, 0.3) is 11.0 Å². The standard InChI is InChI=1S/C12H12BrNO/c1-3-10(14-2)11-7-8-5-4-6-9(13)12(8)15-11/h3-7,10,14H,1H2,2H3. The highest BCUT2D eigenvalue weighted by Gasteiger charge is 2.12. The van der Waals surface area contributed by atoms with Crippen molar-refractivity contribution in [3.8, 4) is 0 Å². The van der Waals surface area contributed by atoms with Crippen molar-refractivity contribution in [1.29, 1.82) is 0 Å². The third-order valence-electron chi connectivity index (χ3n) is 2.37. The Bertz CT molecular complexity index is 489. The van der Waals surface area contributed by atoms with E-state index in [2.05, 4.69) is 27.8 Å². The summed E-state index contributed by atoms with van der Waals surface area (Å²) in [6, 6.07) is 8.09. The summed E-state index contributed by atoms with van der Waals surface area (Å²) < 4.78 is 6.74. The van der Waals surface area contributed by atoms with Crippen molar-refractivity contribution < 1.29 is 4.42 Å². The van der Waals surface area contributed by atoms with Crippen LogP contribution in [0.4, 0.5) is 0 Å². The van der Waals surface area contributed by atoms with Crippen LogP contribution in [0.3, 0.4) is 0 Å². The maximum absolute atomic E-state index is 5.76. The van der Waals surface area contributed by atoms with Crippen LogP contribution in [0.5, 0.6) is 0 Å². The highest BCUT2D eigenvalue weighted by Crippen LogP contribution is 2.29. The molecule has 1 N–H and O–H groups in total. The van der Waals surface area contributed by atoms with Gasteiger partial charge in [-0.1, -0.05) is 18.2 Å². The van der Waals surface area contributed by atoms with Gasteiger partial charge in [0.05, 0.1) is 10.5 Å². The van der Waals surface area contributed by atoms with E-state index in [1.54, 1.807) is 0 Å². The average molecular weight is 266 g/mol. The summed E-state index contributed by atoms with van der Waals surface area (Å²) in [4.78, 5) is 0. The van der Waals surface area contributed by atoms with E-state index in [0.717, 1.165) is 21.2 Å². The Morgan fingerprint density at radius 3 is 2.93 bits per heavy atom. The minimum Gasteiger partial charge on any atom is -0.458 e. The molecule has 2 aromatic rings. The zero-order chi connectivity index (χ0) is 10.8. The number of fused-ring (bicyclic) bond motifs is 1. The Labute approximate surface area is 97.1 Å². The lowest BCUT2D eigenvalue weighted by Crippen LogP contribution is -2.12. The predicted octanol–water partition coefficient (Wildman–Crippen LogP) is 3.64. The molecule has 0 amide bonds. The van der Waals surface area contributed by atoms with E-state index in [1.165, 1.54) is 0 Å². The van der Waals surface area contributed by atoms with Gasteiger partial charge in [0.25, 0.3) is 0 Å². The summed E-state index contributed by atoms with van der Waals surface area (Å²) in [5, 5.41) is 4.22. The number of rotatable bonds is 3. The van der Waals surface area contributed by atoms with Crippen LogP contribution >= 0.6 is 15.9 Å². The highest BCUT2D eigenvalue weighted by atomic mass is 79.9. The number of likely N-dealkylation sites (N-methyl/N-ethyl adjacent to an activating group) is 1. The average Bonchev–Trinajstić information content (AvgIpc) is 2.65. The van der Waals surface area contributed by atoms with Crippen LogP contribution in [0.2, 0.25) is 0 Å². The fraction of sp³-hybridized carbons (Fsp3) is 0.167. The Morgan fingerprint density at radius 1 is 1.53 bits per heavy atom. The Morgan fingerprint density at radius 2 is 2.33 bits per heavy atom. The molecular formula is C12H12BrNO. The lowest BCUT2D eigenvalue weighted by atomic mass is 10.2. The number of benzene rings is 1. The van der Waals surface area contributed by atoms with E-state index in [0.29, 0.717) is 0 Å². The van der Waals surface area contributed by atoms with Crippen molar-refractivity contribution in [2.24, 2.45) is 0 Å². The second kappa shape index (κ2) is 4.21. The maximum Gasteiger partial charge on any atom is 0.148 e. The molecule has 0 bridgehead atoms. The molecule has 1 unspecified atom stereocenters. The molecule has 0 radical (unpaired) electrons. The Hall–Kier alpha value is -1.06. The van der Waals surface area contributed by atoms with Gasteiger partial charge in [0.2, 0.25) is 0 Å². The van der Waals surface area contributed by atoms with Gasteiger partial charge >= 0.3 is 0 Å². The van der Waals surface area contributed by atoms with Crippen LogP contribution in [-0.4, -0.2) is 7.05 Å². The minimum absolute atomic E-state index is 0.0595. The van der Waals surface area contributed by atoms with Gasteiger partial charge in [0, 0.05) is 5.39 Å². The Balaban J connectivity index is 2.55. The zero-order valence-electron chi connectivity index (χ0n) is 8.46. The molecule has 0 fully saturated rings. The molecule has 78 valence electrons. The van der Waals surface area contributed by atoms with Gasteiger partial charge in [-0.15, -0.1) is 6.58 Å². The molecule has 15 heavy (non-hydrogen) atoms. The molecule has 0 spiro atoms. The molecular weight excluding hydrogens is 254 g/mol. The van der Waals surface area contributed by atoms with Crippen LogP contribution in [-0.2, 0) is 0 Å². The van der Waals surface area contributed by atoms with E-state index in [-0.39, 0.29) is 6.04 Å². The van der Waals surface area contributed by atoms with Gasteiger partial charge in [-0.2, -0.15) is 0 Å². The largest absolute Gasteiger partial charge is 0.458 e. The molecule has 2 nitrogen and oxygen atoms in total. The topological polar surface area (TPSA) is 25.2 Å². The quantitative estimate of drug-likeness (QED) is 0.858. The number of hydrogen-bond donors (Lipinski definition) is 1. The zero-order valence-corrected chi connectivity index (χ0v) is 10.0. The Kier molecular flexibility index (Phi) is 2.93. The van der Waals surface area contributed by atoms with E-state index < -0.39 is 0 Å². The van der Waals surface area contributed by atoms with E-state index >= 15 is 0 Å². The maximum atomic E-state index is 5.76. The summed E-state index contributed by atoms with van der Waals surface area (Å²) in [7, 11) is 1.88. The fourth-order valence-corrected chi connectivity index (χ4v) is 2.04. The number of halogens is 1. The summed E-state index contributed by atoms with van der Waals surface area (Å²) >= 11 is 3.46. The highest BCUT2D eigenvalue weighted by molar-refractivity contribution is 9.10. The van der Waals surface area contributed by atoms with Gasteiger partial charge in [0.15, 0.2) is 0 Å². The summed E-state index contributed by atoms with van der Waals surface area (Å²) in [6.07, 6.45) is 1.83. The van der Waals surface area contributed by atoms with Gasteiger partial charge < -0.3 is 9.73 Å². The van der Waals surface area contributed by atoms with Gasteiger partial charge in [-0.3, -0.25) is 0 Å². The first kappa shape index (κ1) is 10.5. The van der Waals surface area contributed by atoms with E-state index in [9.17, 15) is 0 Å². The van der Waals surface area contributed by atoms with Crippen molar-refractivity contribution in [2.45, 2.75) is 6.04 Å². The number of hydrogen-bond acceptors (Lipinski definition) is 2. The molecule has 1 heterocycles. The lowest BCUT2D eigenvalue weighted by molar-refractivity contribution is 0.498. The van der Waals surface area contributed by atoms with Crippen molar-refractivity contribution in [1.82, 2.24) is 5.32 Å². The molecule has 0 aliphatic heterocycles. The first-order valence-electron chi connectivity index (χ1n) is 4.74. The molecule has 1 aromatic heterocycles. The smallest absolute Gasteiger partial charge is 0.148 e. The van der Waals surface area contributed by atoms with E-state index in [4.69, 9.17) is 4.42 Å². The van der Waals surface area contributed by atoms with Crippen molar-refractivity contribution in [3.05, 3.63) is 47.2 Å². The second-order valence-corrected chi connectivity index (χ2v) is 4.16. The van der Waals surface area contributed by atoms with Crippen LogP contribution in [0, 0.1) is 0 Å². The van der Waals surface area contributed by atoms with Gasteiger partial charge in [-0.25, -0.2) is 0 Å². The van der Waals surface area contributed by atoms with Gasteiger partial charge in [0.1, 0.15) is 11.3 Å². The van der Waals surface area contributed by atoms with Crippen molar-refractivity contribution in [2.75, 3.05) is 7.05 Å². The number of furan rings is 1. The molecule has 2 rings (SSSR count). The van der Waals surface area contributed by atoms with Gasteiger partial charge in [-0.05, 0) is 35.1 Å². The normalized spacial score (nSPS) is 12.9. The third-order valence-corrected chi connectivity index (χ3v) is 2.99. The minimum atomic E-state index is 0.0595. The summed E-state index contributed by atoms with van der Waals surface area (Å²) in [6.45, 7) is 3.77. The monoisotopic (exact) mass is 265 g/mol. The van der Waals surface area contributed by atoms with Crippen LogP contribution < -0.4 is 5.32 Å². The van der Waals surface area contributed by atoms with E-state index in [1.807, 2.05) is 37.4 Å². The van der Waals surface area contributed by atoms with Crippen molar-refractivity contribution in [3.63, 3.8) is 0 Å². The fourth-order valence-electron chi connectivity index (χ4n) is 1.58. The lowest BCUT2D eigenvalue weighted by Gasteiger charge is -2.06. The predicted molar refractivity (Wildman–Crippen MR) is 65.9 cm³/mol. The molecule has 0 aliphatic carbocycles. The first-order chi connectivity index (χ1) is 7.26. The molecule has 0 aliphatic rings. The molecule has 0 saturated carbocycles. The molecule has 3 heteroatoms. The number of para-hydroxylation sites is 1. The molecule has 1 aromatic carbocycles. The van der Waals surface area contributed by atoms with Crippen LogP contribution in [0.1, 0.15) is 11.8 Å². The SMILES string of the molecule is C=CC(NC)c1cc2cccc(Br)c2o1. The summed E-state index contributed by atoms with van der Waals surface area (Å²) in [5.74, 6) is 0.884. The number of nitrogens with one attached hydrogen (secondary N) is 1.